The molecule has 0 fully saturated rings. The molecule has 1 aromatic rings. The molecule has 0 saturated heterocycles. The normalized spacial score (nSPS) is 12.1. The first-order valence-electron chi connectivity index (χ1n) is 4.35. The molecule has 0 aliphatic rings. The van der Waals surface area contributed by atoms with Crippen LogP contribution in [0.2, 0.25) is 0 Å². The molecule has 72 valence electrons. The number of hydrogen-bond acceptors (Lipinski definition) is 2. The summed E-state index contributed by atoms with van der Waals surface area (Å²) < 4.78 is 6.30. The van der Waals surface area contributed by atoms with Gasteiger partial charge in [0.25, 0.3) is 0 Å². The first-order chi connectivity index (χ1) is 6.27. The molecule has 0 amide bonds. The zero-order valence-electron chi connectivity index (χ0n) is 7.93. The fourth-order valence-corrected chi connectivity index (χ4v) is 1.41. The molecule has 0 aliphatic heterocycles. The van der Waals surface area contributed by atoms with Crippen molar-refractivity contribution in [3.8, 4) is 0 Å². The Labute approximate surface area is 87.1 Å². The fourth-order valence-electron chi connectivity index (χ4n) is 1.10. The maximum Gasteiger partial charge on any atom is 0.140 e. The molecule has 1 rings (SSSR count). The van der Waals surface area contributed by atoms with Gasteiger partial charge in [-0.25, -0.2) is 0 Å². The van der Waals surface area contributed by atoms with E-state index in [0.29, 0.717) is 0 Å². The van der Waals surface area contributed by atoms with Crippen LogP contribution in [0.25, 0.3) is 6.08 Å². The second-order valence-corrected chi connectivity index (χ2v) is 3.67. The van der Waals surface area contributed by atoms with E-state index in [1.807, 2.05) is 13.1 Å². The summed E-state index contributed by atoms with van der Waals surface area (Å²) in [6.07, 6.45) is 4.79. The summed E-state index contributed by atoms with van der Waals surface area (Å²) >= 11 is 3.42. The van der Waals surface area contributed by atoms with E-state index < -0.39 is 0 Å². The molecule has 0 saturated carbocycles. The maximum absolute atomic E-state index is 5.29. The van der Waals surface area contributed by atoms with E-state index in [4.69, 9.17) is 4.42 Å². The van der Waals surface area contributed by atoms with Gasteiger partial charge in [0.05, 0.1) is 10.7 Å². The van der Waals surface area contributed by atoms with E-state index in [-0.39, 0.29) is 0 Å². The Bertz CT molecular complexity index is 291. The lowest BCUT2D eigenvalue weighted by molar-refractivity contribution is 0.554. The van der Waals surface area contributed by atoms with Crippen molar-refractivity contribution in [2.75, 3.05) is 13.6 Å². The summed E-state index contributed by atoms with van der Waals surface area (Å²) in [6.45, 7) is 3.05. The van der Waals surface area contributed by atoms with E-state index in [1.165, 1.54) is 5.57 Å². The topological polar surface area (TPSA) is 25.2 Å². The van der Waals surface area contributed by atoms with Gasteiger partial charge in [0.2, 0.25) is 0 Å². The Morgan fingerprint density at radius 3 is 2.92 bits per heavy atom. The summed E-state index contributed by atoms with van der Waals surface area (Å²) in [5.74, 6) is 0.895. The van der Waals surface area contributed by atoms with Gasteiger partial charge >= 0.3 is 0 Å². The summed E-state index contributed by atoms with van der Waals surface area (Å²) in [5.41, 5.74) is 1.33. The molecule has 0 aliphatic carbocycles. The molecule has 0 unspecified atom stereocenters. The van der Waals surface area contributed by atoms with Crippen LogP contribution in [0.4, 0.5) is 0 Å². The number of rotatable bonds is 4. The largest absolute Gasteiger partial charge is 0.464 e. The Morgan fingerprint density at radius 2 is 2.46 bits per heavy atom. The van der Waals surface area contributed by atoms with Crippen molar-refractivity contribution in [2.24, 2.45) is 0 Å². The van der Waals surface area contributed by atoms with E-state index in [1.54, 1.807) is 6.26 Å². The number of hydrogen-bond donors (Lipinski definition) is 1. The summed E-state index contributed by atoms with van der Waals surface area (Å²) in [6, 6.07) is 1.90. The molecule has 1 N–H and O–H groups in total. The Balaban J connectivity index is 2.78. The third-order valence-electron chi connectivity index (χ3n) is 1.84. The van der Waals surface area contributed by atoms with Gasteiger partial charge in [-0.1, -0.05) is 12.5 Å². The lowest BCUT2D eigenvalue weighted by Crippen LogP contribution is -2.09. The molecule has 0 bridgehead atoms. The predicted molar refractivity (Wildman–Crippen MR) is 58.6 cm³/mol. The lowest BCUT2D eigenvalue weighted by Gasteiger charge is -2.01. The minimum absolute atomic E-state index is 0.895. The molecule has 0 spiro atoms. The van der Waals surface area contributed by atoms with Gasteiger partial charge in [-0.2, -0.15) is 0 Å². The monoisotopic (exact) mass is 243 g/mol. The zero-order chi connectivity index (χ0) is 9.68. The molecule has 3 heteroatoms. The first-order valence-corrected chi connectivity index (χ1v) is 5.14. The van der Waals surface area contributed by atoms with Gasteiger partial charge in [0, 0.05) is 6.54 Å². The zero-order valence-corrected chi connectivity index (χ0v) is 9.52. The van der Waals surface area contributed by atoms with Crippen molar-refractivity contribution in [3.05, 3.63) is 28.1 Å². The quantitative estimate of drug-likeness (QED) is 0.880. The van der Waals surface area contributed by atoms with Crippen molar-refractivity contribution < 1.29 is 4.42 Å². The Morgan fingerprint density at radius 1 is 1.69 bits per heavy atom. The number of furan rings is 1. The molecule has 0 aromatic carbocycles. The van der Waals surface area contributed by atoms with E-state index in [9.17, 15) is 0 Å². The summed E-state index contributed by atoms with van der Waals surface area (Å²) in [7, 11) is 1.95. The lowest BCUT2D eigenvalue weighted by atomic mass is 10.2. The molecule has 2 nitrogen and oxygen atoms in total. The minimum Gasteiger partial charge on any atom is -0.464 e. The van der Waals surface area contributed by atoms with Gasteiger partial charge in [-0.05, 0) is 41.5 Å². The average Bonchev–Trinajstić information content (AvgIpc) is 2.51. The van der Waals surface area contributed by atoms with Crippen LogP contribution < -0.4 is 5.32 Å². The summed E-state index contributed by atoms with van der Waals surface area (Å²) in [4.78, 5) is 0. The SMILES string of the molecule is CC/C(=C/c1occc1Br)CNC. The van der Waals surface area contributed by atoms with Gasteiger partial charge < -0.3 is 9.73 Å². The highest BCUT2D eigenvalue weighted by atomic mass is 79.9. The Kier molecular flexibility index (Phi) is 4.25. The number of likely N-dealkylation sites (N-methyl/N-ethyl adjacent to an activating group) is 1. The van der Waals surface area contributed by atoms with E-state index >= 15 is 0 Å². The van der Waals surface area contributed by atoms with Crippen LogP contribution in [-0.2, 0) is 0 Å². The van der Waals surface area contributed by atoms with Crippen molar-refractivity contribution >= 4 is 22.0 Å². The van der Waals surface area contributed by atoms with E-state index in [0.717, 1.165) is 23.2 Å². The fraction of sp³-hybridized carbons (Fsp3) is 0.400. The summed E-state index contributed by atoms with van der Waals surface area (Å²) in [5, 5.41) is 3.13. The third kappa shape index (κ3) is 3.01. The smallest absolute Gasteiger partial charge is 0.140 e. The maximum atomic E-state index is 5.29. The highest BCUT2D eigenvalue weighted by Gasteiger charge is 2.00. The molecular weight excluding hydrogens is 230 g/mol. The molecule has 1 aromatic heterocycles. The van der Waals surface area contributed by atoms with Gasteiger partial charge in [0.1, 0.15) is 5.76 Å². The molecule has 0 atom stereocenters. The molecule has 1 heterocycles. The van der Waals surface area contributed by atoms with E-state index in [2.05, 4.69) is 34.2 Å². The van der Waals surface area contributed by atoms with Crippen molar-refractivity contribution in [3.63, 3.8) is 0 Å². The van der Waals surface area contributed by atoms with Crippen molar-refractivity contribution in [2.45, 2.75) is 13.3 Å². The molecule has 13 heavy (non-hydrogen) atoms. The second-order valence-electron chi connectivity index (χ2n) is 2.82. The standard InChI is InChI=1S/C10H14BrNO/c1-3-8(7-12-2)6-10-9(11)4-5-13-10/h4-6,12H,3,7H2,1-2H3/b8-6-. The van der Waals surface area contributed by atoms with Crippen LogP contribution in [0.15, 0.2) is 26.8 Å². The average molecular weight is 244 g/mol. The van der Waals surface area contributed by atoms with Crippen LogP contribution in [0.1, 0.15) is 19.1 Å². The van der Waals surface area contributed by atoms with Crippen LogP contribution in [0, 0.1) is 0 Å². The first kappa shape index (κ1) is 10.5. The van der Waals surface area contributed by atoms with Gasteiger partial charge in [0.15, 0.2) is 0 Å². The number of halogens is 1. The van der Waals surface area contributed by atoms with Crippen LogP contribution in [0.3, 0.4) is 0 Å². The molecular formula is C10H14BrNO. The predicted octanol–water partition coefficient (Wildman–Crippen LogP) is 3.05. The van der Waals surface area contributed by atoms with Crippen LogP contribution in [0.5, 0.6) is 0 Å². The van der Waals surface area contributed by atoms with Gasteiger partial charge in [-0.3, -0.25) is 0 Å². The van der Waals surface area contributed by atoms with Gasteiger partial charge in [-0.15, -0.1) is 0 Å². The Hall–Kier alpha value is -0.540. The van der Waals surface area contributed by atoms with Crippen LogP contribution in [-0.4, -0.2) is 13.6 Å². The molecule has 0 radical (unpaired) electrons. The number of nitrogens with one attached hydrogen (secondary N) is 1. The third-order valence-corrected chi connectivity index (χ3v) is 2.49. The highest BCUT2D eigenvalue weighted by molar-refractivity contribution is 9.10. The van der Waals surface area contributed by atoms with Crippen molar-refractivity contribution in [1.82, 2.24) is 5.32 Å². The van der Waals surface area contributed by atoms with Crippen LogP contribution >= 0.6 is 15.9 Å². The highest BCUT2D eigenvalue weighted by Crippen LogP contribution is 2.20. The van der Waals surface area contributed by atoms with Crippen molar-refractivity contribution in [1.29, 1.82) is 0 Å². The minimum atomic E-state index is 0.895. The second kappa shape index (κ2) is 5.25.